The van der Waals surface area contributed by atoms with E-state index in [2.05, 4.69) is 114 Å². The third-order valence-corrected chi connectivity index (χ3v) is 7.12. The lowest BCUT2D eigenvalue weighted by molar-refractivity contribution is 0.495. The van der Waals surface area contributed by atoms with Gasteiger partial charge in [-0.3, -0.25) is 0 Å². The van der Waals surface area contributed by atoms with Crippen molar-refractivity contribution in [1.82, 2.24) is 4.90 Å². The standard InChI is InChI=1S/C23H23N2P/c1-24-15-16-25(19-24)21-10-8-9-20(17-21)18-26(22-11-4-2-5-12-22)23-13-6-3-7-14-23/h2-17H,18-19H2,1H3. The van der Waals surface area contributed by atoms with Gasteiger partial charge in [0.05, 0.1) is 6.67 Å². The molecule has 130 valence electrons. The summed E-state index contributed by atoms with van der Waals surface area (Å²) in [5, 5.41) is 2.86. The average Bonchev–Trinajstić information content (AvgIpc) is 3.14. The summed E-state index contributed by atoms with van der Waals surface area (Å²) >= 11 is 0. The third kappa shape index (κ3) is 3.81. The summed E-state index contributed by atoms with van der Waals surface area (Å²) in [5.41, 5.74) is 2.66. The molecule has 1 heterocycles. The molecule has 0 unspecified atom stereocenters. The Bertz CT molecular complexity index is 837. The highest BCUT2D eigenvalue weighted by Gasteiger charge is 2.16. The van der Waals surface area contributed by atoms with Crippen LogP contribution in [0.25, 0.3) is 0 Å². The highest BCUT2D eigenvalue weighted by molar-refractivity contribution is 7.72. The molecule has 0 aromatic heterocycles. The van der Waals surface area contributed by atoms with Crippen LogP contribution < -0.4 is 15.5 Å². The molecule has 4 rings (SSSR count). The SMILES string of the molecule is CN1C=CN(c2cccc(CP(c3ccccc3)c3ccccc3)c2)C1. The van der Waals surface area contributed by atoms with Crippen molar-refractivity contribution in [3.05, 3.63) is 103 Å². The number of anilines is 1. The van der Waals surface area contributed by atoms with E-state index >= 15 is 0 Å². The quantitative estimate of drug-likeness (QED) is 0.620. The van der Waals surface area contributed by atoms with Crippen molar-refractivity contribution in [1.29, 1.82) is 0 Å². The Morgan fingerprint density at radius 1 is 0.769 bits per heavy atom. The van der Waals surface area contributed by atoms with Gasteiger partial charge in [-0.25, -0.2) is 0 Å². The zero-order valence-electron chi connectivity index (χ0n) is 15.0. The van der Waals surface area contributed by atoms with Gasteiger partial charge in [0.25, 0.3) is 0 Å². The molecule has 3 aromatic rings. The largest absolute Gasteiger partial charge is 0.361 e. The summed E-state index contributed by atoms with van der Waals surface area (Å²) in [6, 6.07) is 30.8. The van der Waals surface area contributed by atoms with Gasteiger partial charge >= 0.3 is 0 Å². The first-order chi connectivity index (χ1) is 12.8. The molecule has 0 atom stereocenters. The minimum atomic E-state index is -0.408. The molecule has 0 fully saturated rings. The van der Waals surface area contributed by atoms with Crippen molar-refractivity contribution in [2.75, 3.05) is 18.6 Å². The van der Waals surface area contributed by atoms with Crippen LogP contribution in [0.15, 0.2) is 97.3 Å². The molecule has 0 saturated heterocycles. The Balaban J connectivity index is 1.63. The predicted octanol–water partition coefficient (Wildman–Crippen LogP) is 4.50. The number of nitrogens with zero attached hydrogens (tertiary/aromatic N) is 2. The van der Waals surface area contributed by atoms with Crippen molar-refractivity contribution >= 4 is 24.2 Å². The molecule has 0 spiro atoms. The highest BCUT2D eigenvalue weighted by Crippen LogP contribution is 2.38. The first-order valence-corrected chi connectivity index (χ1v) is 10.4. The molecule has 2 nitrogen and oxygen atoms in total. The highest BCUT2D eigenvalue weighted by atomic mass is 31.1. The van der Waals surface area contributed by atoms with E-state index in [1.807, 2.05) is 0 Å². The van der Waals surface area contributed by atoms with Crippen LogP contribution in [0, 0.1) is 0 Å². The molecule has 0 radical (unpaired) electrons. The van der Waals surface area contributed by atoms with E-state index in [4.69, 9.17) is 0 Å². The smallest absolute Gasteiger partial charge is 0.0938 e. The van der Waals surface area contributed by atoms with E-state index < -0.39 is 7.92 Å². The summed E-state index contributed by atoms with van der Waals surface area (Å²) in [5.74, 6) is 0. The van der Waals surface area contributed by atoms with Crippen molar-refractivity contribution in [3.63, 3.8) is 0 Å². The van der Waals surface area contributed by atoms with Crippen molar-refractivity contribution in [2.24, 2.45) is 0 Å². The molecule has 0 aliphatic carbocycles. The zero-order valence-corrected chi connectivity index (χ0v) is 15.9. The normalized spacial score (nSPS) is 13.6. The molecule has 26 heavy (non-hydrogen) atoms. The van der Waals surface area contributed by atoms with Gasteiger partial charge in [-0.2, -0.15) is 0 Å². The fourth-order valence-electron chi connectivity index (χ4n) is 3.26. The topological polar surface area (TPSA) is 6.48 Å². The monoisotopic (exact) mass is 358 g/mol. The third-order valence-electron chi connectivity index (χ3n) is 4.60. The number of hydrogen-bond acceptors (Lipinski definition) is 2. The minimum absolute atomic E-state index is 0.408. The van der Waals surface area contributed by atoms with Crippen LogP contribution in [0.1, 0.15) is 5.56 Å². The number of hydrogen-bond donors (Lipinski definition) is 0. The number of benzene rings is 3. The maximum absolute atomic E-state index is 2.34. The Morgan fingerprint density at radius 3 is 2.00 bits per heavy atom. The summed E-state index contributed by atoms with van der Waals surface area (Å²) in [6.07, 6.45) is 5.33. The predicted molar refractivity (Wildman–Crippen MR) is 113 cm³/mol. The average molecular weight is 358 g/mol. The van der Waals surface area contributed by atoms with Crippen LogP contribution in [0.2, 0.25) is 0 Å². The van der Waals surface area contributed by atoms with Crippen molar-refractivity contribution < 1.29 is 0 Å². The lowest BCUT2D eigenvalue weighted by Crippen LogP contribution is -2.21. The van der Waals surface area contributed by atoms with Crippen LogP contribution in [0.5, 0.6) is 0 Å². The molecular formula is C23H23N2P. The van der Waals surface area contributed by atoms with Gasteiger partial charge in [0.15, 0.2) is 0 Å². The van der Waals surface area contributed by atoms with Crippen LogP contribution in [0.3, 0.4) is 0 Å². The van der Waals surface area contributed by atoms with Gasteiger partial charge in [0.1, 0.15) is 0 Å². The van der Waals surface area contributed by atoms with E-state index in [0.717, 1.165) is 12.8 Å². The fourth-order valence-corrected chi connectivity index (χ4v) is 5.55. The first kappa shape index (κ1) is 16.9. The molecule has 0 bridgehead atoms. The second-order valence-electron chi connectivity index (χ2n) is 6.59. The van der Waals surface area contributed by atoms with Gasteiger partial charge < -0.3 is 9.80 Å². The molecule has 0 saturated carbocycles. The molecule has 3 heteroatoms. The summed E-state index contributed by atoms with van der Waals surface area (Å²) in [6.45, 7) is 0.912. The molecule has 3 aromatic carbocycles. The number of rotatable bonds is 5. The fraction of sp³-hybridized carbons (Fsp3) is 0.130. The lowest BCUT2D eigenvalue weighted by atomic mass is 10.2. The second kappa shape index (κ2) is 7.76. The Hall–Kier alpha value is -2.57. The van der Waals surface area contributed by atoms with Gasteiger partial charge in [0, 0.05) is 31.3 Å². The van der Waals surface area contributed by atoms with Gasteiger partial charge in [-0.05, 0) is 36.2 Å². The van der Waals surface area contributed by atoms with E-state index in [-0.39, 0.29) is 0 Å². The van der Waals surface area contributed by atoms with Crippen molar-refractivity contribution in [3.8, 4) is 0 Å². The Kier molecular flexibility index (Phi) is 5.04. The van der Waals surface area contributed by atoms with Crippen LogP contribution in [-0.4, -0.2) is 18.6 Å². The van der Waals surface area contributed by atoms with E-state index in [9.17, 15) is 0 Å². The van der Waals surface area contributed by atoms with Gasteiger partial charge in [-0.1, -0.05) is 72.8 Å². The second-order valence-corrected chi connectivity index (χ2v) is 8.80. The Morgan fingerprint density at radius 2 is 1.42 bits per heavy atom. The summed E-state index contributed by atoms with van der Waals surface area (Å²) < 4.78 is 0. The molecule has 1 aliphatic heterocycles. The lowest BCUT2D eigenvalue weighted by Gasteiger charge is -2.21. The van der Waals surface area contributed by atoms with Gasteiger partial charge in [-0.15, -0.1) is 0 Å². The zero-order chi connectivity index (χ0) is 17.8. The van der Waals surface area contributed by atoms with Crippen LogP contribution in [0.4, 0.5) is 5.69 Å². The van der Waals surface area contributed by atoms with Crippen molar-refractivity contribution in [2.45, 2.75) is 6.16 Å². The van der Waals surface area contributed by atoms with E-state index in [0.29, 0.717) is 0 Å². The maximum atomic E-state index is 2.34. The van der Waals surface area contributed by atoms with Crippen LogP contribution >= 0.6 is 7.92 Å². The van der Waals surface area contributed by atoms with E-state index in [1.54, 1.807) is 0 Å². The molecule has 1 aliphatic rings. The molecular weight excluding hydrogens is 335 g/mol. The van der Waals surface area contributed by atoms with E-state index in [1.165, 1.54) is 21.9 Å². The van der Waals surface area contributed by atoms with Gasteiger partial charge in [0.2, 0.25) is 0 Å². The van der Waals surface area contributed by atoms with Crippen LogP contribution in [-0.2, 0) is 6.16 Å². The Labute approximate surface area is 157 Å². The molecule has 0 amide bonds. The molecule has 0 N–H and O–H groups in total. The summed E-state index contributed by atoms with van der Waals surface area (Å²) in [7, 11) is 1.69. The maximum Gasteiger partial charge on any atom is 0.0938 e. The summed E-state index contributed by atoms with van der Waals surface area (Å²) in [4.78, 5) is 4.48. The minimum Gasteiger partial charge on any atom is -0.361 e. The first-order valence-electron chi connectivity index (χ1n) is 8.91.